The summed E-state index contributed by atoms with van der Waals surface area (Å²) in [5.41, 5.74) is 0. The first kappa shape index (κ1) is 15.7. The number of aliphatic hydroxyl groups is 1. The Morgan fingerprint density at radius 2 is 2.11 bits per heavy atom. The average Bonchev–Trinajstić information content (AvgIpc) is 2.83. The number of aliphatic hydroxyl groups excluding tert-OH is 1. The lowest BCUT2D eigenvalue weighted by atomic mass is 9.97. The summed E-state index contributed by atoms with van der Waals surface area (Å²) in [7, 11) is 0. The highest BCUT2D eigenvalue weighted by molar-refractivity contribution is 7.10. The molecule has 0 fully saturated rings. The fourth-order valence-corrected chi connectivity index (χ4v) is 3.34. The molecule has 1 rings (SSSR count). The van der Waals surface area contributed by atoms with E-state index in [1.54, 1.807) is 0 Å². The summed E-state index contributed by atoms with van der Waals surface area (Å²) in [6.45, 7) is 8.05. The topological polar surface area (TPSA) is 32.3 Å². The highest BCUT2D eigenvalue weighted by Gasteiger charge is 2.17. The van der Waals surface area contributed by atoms with E-state index in [-0.39, 0.29) is 0 Å². The lowest BCUT2D eigenvalue weighted by Crippen LogP contribution is -2.30. The first-order valence-corrected chi connectivity index (χ1v) is 7.94. The van der Waals surface area contributed by atoms with E-state index in [4.69, 9.17) is 5.11 Å². The van der Waals surface area contributed by atoms with Gasteiger partial charge in [-0.05, 0) is 42.7 Å². The Bertz CT molecular complexity index is 291. The molecular weight excluding hydrogens is 242 g/mol. The van der Waals surface area contributed by atoms with Crippen molar-refractivity contribution in [2.24, 2.45) is 11.8 Å². The van der Waals surface area contributed by atoms with Crippen molar-refractivity contribution in [1.29, 1.82) is 0 Å². The van der Waals surface area contributed by atoms with Crippen molar-refractivity contribution in [3.8, 4) is 0 Å². The van der Waals surface area contributed by atoms with E-state index in [0.717, 1.165) is 13.0 Å². The highest BCUT2D eigenvalue weighted by Crippen LogP contribution is 2.26. The molecule has 0 saturated carbocycles. The average molecular weight is 269 g/mol. The van der Waals surface area contributed by atoms with Crippen LogP contribution in [0.25, 0.3) is 0 Å². The smallest absolute Gasteiger partial charge is 0.0438 e. The third-order valence-electron chi connectivity index (χ3n) is 3.38. The molecule has 18 heavy (non-hydrogen) atoms. The maximum Gasteiger partial charge on any atom is 0.0438 e. The van der Waals surface area contributed by atoms with Crippen LogP contribution in [0.4, 0.5) is 0 Å². The van der Waals surface area contributed by atoms with Crippen LogP contribution in [-0.2, 0) is 0 Å². The Hall–Kier alpha value is -0.380. The molecule has 1 aromatic rings. The first-order valence-electron chi connectivity index (χ1n) is 7.06. The summed E-state index contributed by atoms with van der Waals surface area (Å²) >= 11 is 1.83. The molecule has 0 amide bonds. The molecule has 104 valence electrons. The molecule has 2 N–H and O–H groups in total. The molecule has 0 aliphatic rings. The molecule has 0 radical (unpaired) electrons. The van der Waals surface area contributed by atoms with Gasteiger partial charge in [0.25, 0.3) is 0 Å². The minimum atomic E-state index is 0.303. The Morgan fingerprint density at radius 1 is 1.33 bits per heavy atom. The van der Waals surface area contributed by atoms with Crippen molar-refractivity contribution in [2.75, 3.05) is 13.2 Å². The molecule has 2 unspecified atom stereocenters. The monoisotopic (exact) mass is 269 g/mol. The van der Waals surface area contributed by atoms with Crippen molar-refractivity contribution in [3.05, 3.63) is 22.4 Å². The van der Waals surface area contributed by atoms with Crippen LogP contribution in [0.5, 0.6) is 0 Å². The van der Waals surface area contributed by atoms with Gasteiger partial charge in [0, 0.05) is 17.5 Å². The van der Waals surface area contributed by atoms with Crippen molar-refractivity contribution < 1.29 is 5.11 Å². The predicted octanol–water partition coefficient (Wildman–Crippen LogP) is 3.83. The Balaban J connectivity index is 2.51. The van der Waals surface area contributed by atoms with Gasteiger partial charge in [0.05, 0.1) is 0 Å². The van der Waals surface area contributed by atoms with Crippen molar-refractivity contribution in [1.82, 2.24) is 5.32 Å². The highest BCUT2D eigenvalue weighted by atomic mass is 32.1. The van der Waals surface area contributed by atoms with Crippen LogP contribution in [-0.4, -0.2) is 18.3 Å². The summed E-state index contributed by atoms with van der Waals surface area (Å²) < 4.78 is 0. The molecule has 2 nitrogen and oxygen atoms in total. The Morgan fingerprint density at radius 3 is 2.61 bits per heavy atom. The second-order valence-electron chi connectivity index (χ2n) is 5.31. The van der Waals surface area contributed by atoms with Crippen LogP contribution >= 0.6 is 11.3 Å². The van der Waals surface area contributed by atoms with E-state index in [2.05, 4.69) is 43.6 Å². The number of hydrogen-bond acceptors (Lipinski definition) is 3. The molecule has 0 spiro atoms. The molecule has 0 aliphatic heterocycles. The van der Waals surface area contributed by atoms with Crippen LogP contribution in [0.1, 0.15) is 51.0 Å². The van der Waals surface area contributed by atoms with E-state index in [1.165, 1.54) is 17.7 Å². The molecular formula is C15H27NOS. The molecule has 0 saturated heterocycles. The van der Waals surface area contributed by atoms with E-state index in [9.17, 15) is 0 Å². The van der Waals surface area contributed by atoms with Gasteiger partial charge in [0.1, 0.15) is 0 Å². The number of nitrogens with one attached hydrogen (secondary N) is 1. The van der Waals surface area contributed by atoms with Crippen LogP contribution in [0.15, 0.2) is 17.5 Å². The zero-order valence-corrected chi connectivity index (χ0v) is 12.7. The van der Waals surface area contributed by atoms with Gasteiger partial charge in [-0.25, -0.2) is 0 Å². The molecule has 0 bridgehead atoms. The second kappa shape index (κ2) is 8.68. The quantitative estimate of drug-likeness (QED) is 0.714. The molecule has 0 aromatic carbocycles. The second-order valence-corrected chi connectivity index (χ2v) is 6.29. The van der Waals surface area contributed by atoms with Gasteiger partial charge in [-0.2, -0.15) is 0 Å². The Labute approximate surface area is 115 Å². The van der Waals surface area contributed by atoms with Crippen LogP contribution < -0.4 is 5.32 Å². The maximum atomic E-state index is 9.10. The van der Waals surface area contributed by atoms with Crippen LogP contribution in [0, 0.1) is 11.8 Å². The van der Waals surface area contributed by atoms with Crippen LogP contribution in [0.2, 0.25) is 0 Å². The maximum absolute atomic E-state index is 9.10. The number of rotatable bonds is 9. The first-order chi connectivity index (χ1) is 8.69. The molecule has 1 heterocycles. The summed E-state index contributed by atoms with van der Waals surface area (Å²) in [5, 5.41) is 14.9. The fraction of sp³-hybridized carbons (Fsp3) is 0.733. The predicted molar refractivity (Wildman–Crippen MR) is 80.0 cm³/mol. The van der Waals surface area contributed by atoms with Gasteiger partial charge in [0.15, 0.2) is 0 Å². The third-order valence-corrected chi connectivity index (χ3v) is 4.33. The van der Waals surface area contributed by atoms with Crippen LogP contribution in [0.3, 0.4) is 0 Å². The van der Waals surface area contributed by atoms with E-state index < -0.39 is 0 Å². The zero-order chi connectivity index (χ0) is 13.4. The van der Waals surface area contributed by atoms with Gasteiger partial charge < -0.3 is 10.4 Å². The minimum Gasteiger partial charge on any atom is -0.396 e. The Kier molecular flexibility index (Phi) is 7.56. The summed E-state index contributed by atoms with van der Waals surface area (Å²) in [6, 6.07) is 4.78. The van der Waals surface area contributed by atoms with E-state index in [1.807, 2.05) is 11.3 Å². The largest absolute Gasteiger partial charge is 0.396 e. The summed E-state index contributed by atoms with van der Waals surface area (Å²) in [5.74, 6) is 1.20. The SMILES string of the molecule is CCCC(CCO)CNC(c1cccs1)C(C)C. The van der Waals surface area contributed by atoms with Crippen molar-refractivity contribution in [3.63, 3.8) is 0 Å². The molecule has 0 aliphatic carbocycles. The fourth-order valence-electron chi connectivity index (χ4n) is 2.37. The number of thiophene rings is 1. The van der Waals surface area contributed by atoms with Gasteiger partial charge >= 0.3 is 0 Å². The lowest BCUT2D eigenvalue weighted by Gasteiger charge is -2.24. The standard InChI is InChI=1S/C15H27NOS/c1-4-6-13(8-9-17)11-16-15(12(2)3)14-7-5-10-18-14/h5,7,10,12-13,15-17H,4,6,8-9,11H2,1-3H3. The van der Waals surface area contributed by atoms with Crippen molar-refractivity contribution in [2.45, 2.75) is 46.1 Å². The molecule has 3 heteroatoms. The normalized spacial score (nSPS) is 14.9. The summed E-state index contributed by atoms with van der Waals surface area (Å²) in [4.78, 5) is 1.42. The van der Waals surface area contributed by atoms with Gasteiger partial charge in [-0.1, -0.05) is 33.3 Å². The van der Waals surface area contributed by atoms with Gasteiger partial charge in [-0.3, -0.25) is 0 Å². The number of hydrogen-bond donors (Lipinski definition) is 2. The minimum absolute atomic E-state index is 0.303. The lowest BCUT2D eigenvalue weighted by molar-refractivity contribution is 0.241. The third kappa shape index (κ3) is 5.09. The van der Waals surface area contributed by atoms with Gasteiger partial charge in [0.2, 0.25) is 0 Å². The summed E-state index contributed by atoms with van der Waals surface area (Å²) in [6.07, 6.45) is 3.30. The zero-order valence-electron chi connectivity index (χ0n) is 11.9. The van der Waals surface area contributed by atoms with Crippen molar-refractivity contribution >= 4 is 11.3 Å². The van der Waals surface area contributed by atoms with Gasteiger partial charge in [-0.15, -0.1) is 11.3 Å². The molecule has 1 aromatic heterocycles. The van der Waals surface area contributed by atoms with E-state index >= 15 is 0 Å². The van der Waals surface area contributed by atoms with E-state index in [0.29, 0.717) is 24.5 Å². The molecule has 2 atom stereocenters.